The Kier molecular flexibility index (Phi) is 7.33. The number of rotatable bonds is 7. The van der Waals surface area contributed by atoms with Gasteiger partial charge in [0.2, 0.25) is 10.0 Å². The van der Waals surface area contributed by atoms with Crippen LogP contribution in [0.4, 0.5) is 5.69 Å². The van der Waals surface area contributed by atoms with Crippen molar-refractivity contribution in [2.75, 3.05) is 49.5 Å². The standard InChI is InChI=1S/C37H41N7O4S/c1-23-16-28(44-12-3-15-49(44,46)47)7-8-29(23)31-9-6-26-18-34(43(35(26)39-31)20-24-4-5-24)36-40-32-19-30-25(17-33(32)41(36)2)10-13-42(37(30)45)21-27-22-48-14-11-38-27/h6-9,16-19,24,27,38H,3-5,10-15,20-22H2,1-2H3/t27-/m0/s1. The van der Waals surface area contributed by atoms with Crippen molar-refractivity contribution in [1.82, 2.24) is 29.3 Å². The van der Waals surface area contributed by atoms with Crippen LogP contribution in [-0.4, -0.2) is 89.5 Å². The first-order valence-electron chi connectivity index (χ1n) is 17.5. The van der Waals surface area contributed by atoms with E-state index in [1.807, 2.05) is 36.1 Å². The van der Waals surface area contributed by atoms with E-state index < -0.39 is 10.0 Å². The third-order valence-electron chi connectivity index (χ3n) is 10.7. The van der Waals surface area contributed by atoms with Crippen LogP contribution in [0.2, 0.25) is 0 Å². The highest BCUT2D eigenvalue weighted by atomic mass is 32.2. The first-order valence-corrected chi connectivity index (χ1v) is 19.1. The number of morpholine rings is 1. The predicted octanol–water partition coefficient (Wildman–Crippen LogP) is 4.50. The summed E-state index contributed by atoms with van der Waals surface area (Å²) in [5, 5.41) is 4.52. The molecule has 254 valence electrons. The van der Waals surface area contributed by atoms with E-state index in [1.165, 1.54) is 17.1 Å². The van der Waals surface area contributed by atoms with E-state index in [0.717, 1.165) is 81.0 Å². The zero-order valence-corrected chi connectivity index (χ0v) is 28.8. The topological polar surface area (TPSA) is 115 Å². The number of sulfonamides is 1. The summed E-state index contributed by atoms with van der Waals surface area (Å²) in [6.07, 6.45) is 3.87. The lowest BCUT2D eigenvalue weighted by Gasteiger charge is -2.33. The maximum Gasteiger partial charge on any atom is 0.254 e. The average Bonchev–Trinajstić information content (AvgIpc) is 3.64. The zero-order valence-electron chi connectivity index (χ0n) is 28.0. The van der Waals surface area contributed by atoms with E-state index in [1.54, 1.807) is 0 Å². The third-order valence-corrected chi connectivity index (χ3v) is 12.6. The number of benzene rings is 2. The van der Waals surface area contributed by atoms with Crippen LogP contribution in [0.1, 0.15) is 40.7 Å². The maximum absolute atomic E-state index is 13.7. The number of hydrogen-bond donors (Lipinski definition) is 1. The molecule has 0 unspecified atom stereocenters. The van der Waals surface area contributed by atoms with E-state index in [0.29, 0.717) is 50.9 Å². The summed E-state index contributed by atoms with van der Waals surface area (Å²) in [6.45, 7) is 6.91. The van der Waals surface area contributed by atoms with E-state index in [9.17, 15) is 13.2 Å². The average molecular weight is 680 g/mol. The molecule has 2 saturated heterocycles. The summed E-state index contributed by atoms with van der Waals surface area (Å²) in [5.74, 6) is 1.73. The molecule has 0 radical (unpaired) electrons. The Balaban J connectivity index is 1.08. The molecule has 6 heterocycles. The Morgan fingerprint density at radius 3 is 2.63 bits per heavy atom. The molecule has 1 saturated carbocycles. The number of aromatic nitrogens is 4. The molecule has 1 atom stereocenters. The second-order valence-corrected chi connectivity index (χ2v) is 16.2. The van der Waals surface area contributed by atoms with Gasteiger partial charge < -0.3 is 24.1 Å². The molecule has 1 N–H and O–H groups in total. The van der Waals surface area contributed by atoms with Gasteiger partial charge in [0, 0.05) is 62.3 Å². The molecule has 1 aliphatic carbocycles. The van der Waals surface area contributed by atoms with Crippen LogP contribution in [0.25, 0.3) is 44.8 Å². The van der Waals surface area contributed by atoms with Gasteiger partial charge in [0.15, 0.2) is 5.82 Å². The molecule has 1 amide bonds. The van der Waals surface area contributed by atoms with Gasteiger partial charge in [-0.05, 0) is 92.1 Å². The fourth-order valence-electron chi connectivity index (χ4n) is 7.85. The second-order valence-electron chi connectivity index (χ2n) is 14.2. The molecule has 0 bridgehead atoms. The van der Waals surface area contributed by atoms with Crippen molar-refractivity contribution in [1.29, 1.82) is 0 Å². The number of amides is 1. The molecule has 4 aliphatic rings. The number of carbonyl (C=O) groups is 1. The summed E-state index contributed by atoms with van der Waals surface area (Å²) in [7, 11) is -1.18. The van der Waals surface area contributed by atoms with Crippen LogP contribution in [0, 0.1) is 12.8 Å². The Morgan fingerprint density at radius 1 is 1.00 bits per heavy atom. The van der Waals surface area contributed by atoms with Crippen LogP contribution in [0.3, 0.4) is 0 Å². The molecule has 0 spiro atoms. The minimum absolute atomic E-state index is 0.0627. The van der Waals surface area contributed by atoms with Crippen LogP contribution in [-0.2, 0) is 34.8 Å². The van der Waals surface area contributed by atoms with Gasteiger partial charge in [-0.25, -0.2) is 18.4 Å². The number of nitrogens with one attached hydrogen (secondary N) is 1. The smallest absolute Gasteiger partial charge is 0.254 e. The Labute approximate surface area is 285 Å². The normalized spacial score (nSPS) is 20.9. The minimum atomic E-state index is -3.25. The SMILES string of the molecule is Cc1cc(N2CCCS2(=O)=O)ccc1-c1ccc2cc(-c3nc4cc5c(cc4n3C)CCN(C[C@H]3COCCN3)C5=O)n(CC3CC3)c2n1. The molecule has 5 aromatic rings. The number of ether oxygens (including phenoxy) is 1. The van der Waals surface area contributed by atoms with Gasteiger partial charge in [0.05, 0.1) is 47.1 Å². The highest BCUT2D eigenvalue weighted by molar-refractivity contribution is 7.93. The fourth-order valence-corrected chi connectivity index (χ4v) is 9.40. The molecule has 3 aromatic heterocycles. The van der Waals surface area contributed by atoms with Gasteiger partial charge in [-0.1, -0.05) is 6.07 Å². The molecule has 9 rings (SSSR count). The molecular weight excluding hydrogens is 639 g/mol. The van der Waals surface area contributed by atoms with Gasteiger partial charge in [0.25, 0.3) is 5.91 Å². The van der Waals surface area contributed by atoms with Gasteiger partial charge in [-0.2, -0.15) is 0 Å². The van der Waals surface area contributed by atoms with Crippen molar-refractivity contribution in [3.8, 4) is 22.8 Å². The van der Waals surface area contributed by atoms with Crippen molar-refractivity contribution in [3.63, 3.8) is 0 Å². The molecule has 2 aromatic carbocycles. The molecule has 3 fully saturated rings. The summed E-state index contributed by atoms with van der Waals surface area (Å²) in [6, 6.07) is 16.5. The van der Waals surface area contributed by atoms with E-state index in [2.05, 4.69) is 45.8 Å². The minimum Gasteiger partial charge on any atom is -0.378 e. The summed E-state index contributed by atoms with van der Waals surface area (Å²) in [5.41, 5.74) is 9.14. The number of aryl methyl sites for hydroxylation is 2. The quantitative estimate of drug-likeness (QED) is 0.270. The van der Waals surface area contributed by atoms with Gasteiger partial charge in [0.1, 0.15) is 5.65 Å². The lowest BCUT2D eigenvalue weighted by atomic mass is 9.97. The van der Waals surface area contributed by atoms with Crippen molar-refractivity contribution >= 4 is 43.7 Å². The van der Waals surface area contributed by atoms with Crippen LogP contribution >= 0.6 is 0 Å². The molecule has 12 heteroatoms. The van der Waals surface area contributed by atoms with Gasteiger partial charge in [-0.3, -0.25) is 9.10 Å². The molecule has 49 heavy (non-hydrogen) atoms. The number of imidazole rings is 1. The van der Waals surface area contributed by atoms with Crippen molar-refractivity contribution < 1.29 is 17.9 Å². The number of pyridine rings is 1. The molecule has 11 nitrogen and oxygen atoms in total. The Bertz CT molecular complexity index is 2250. The van der Waals surface area contributed by atoms with Crippen molar-refractivity contribution in [2.45, 2.75) is 45.2 Å². The number of fused-ring (bicyclic) bond motifs is 3. The number of hydrogen-bond acceptors (Lipinski definition) is 7. The largest absolute Gasteiger partial charge is 0.378 e. The zero-order chi connectivity index (χ0) is 33.4. The first kappa shape index (κ1) is 30.8. The lowest BCUT2D eigenvalue weighted by Crippen LogP contribution is -2.51. The van der Waals surface area contributed by atoms with Crippen LogP contribution in [0.5, 0.6) is 0 Å². The summed E-state index contributed by atoms with van der Waals surface area (Å²) in [4.78, 5) is 26.0. The number of anilines is 1. The van der Waals surface area contributed by atoms with Gasteiger partial charge in [-0.15, -0.1) is 0 Å². The van der Waals surface area contributed by atoms with Crippen molar-refractivity contribution in [3.05, 3.63) is 65.2 Å². The Hall–Kier alpha value is -4.26. The van der Waals surface area contributed by atoms with Gasteiger partial charge >= 0.3 is 0 Å². The highest BCUT2D eigenvalue weighted by Crippen LogP contribution is 2.38. The van der Waals surface area contributed by atoms with Crippen molar-refractivity contribution in [2.24, 2.45) is 13.0 Å². The summed E-state index contributed by atoms with van der Waals surface area (Å²) >= 11 is 0. The second kappa shape index (κ2) is 11.7. The first-order chi connectivity index (χ1) is 23.7. The molecular formula is C37H41N7O4S. The third kappa shape index (κ3) is 5.40. The summed E-state index contributed by atoms with van der Waals surface area (Å²) < 4.78 is 36.7. The van der Waals surface area contributed by atoms with E-state index in [-0.39, 0.29) is 17.7 Å². The van der Waals surface area contributed by atoms with Crippen LogP contribution < -0.4 is 9.62 Å². The van der Waals surface area contributed by atoms with E-state index >= 15 is 0 Å². The Morgan fingerprint density at radius 2 is 1.88 bits per heavy atom. The lowest BCUT2D eigenvalue weighted by molar-refractivity contribution is 0.0512. The number of nitrogens with zero attached hydrogens (tertiary/aromatic N) is 6. The molecule has 3 aliphatic heterocycles. The monoisotopic (exact) mass is 679 g/mol. The fraction of sp³-hybridized carbons (Fsp3) is 0.432. The predicted molar refractivity (Wildman–Crippen MR) is 190 cm³/mol. The highest BCUT2D eigenvalue weighted by Gasteiger charge is 2.31. The van der Waals surface area contributed by atoms with E-state index in [4.69, 9.17) is 14.7 Å². The van der Waals surface area contributed by atoms with Crippen LogP contribution in [0.15, 0.2) is 48.5 Å². The maximum atomic E-state index is 13.7. The number of carbonyl (C=O) groups excluding carboxylic acids is 1.